The van der Waals surface area contributed by atoms with E-state index >= 15 is 0 Å². The molecule has 2 aliphatic heterocycles. The van der Waals surface area contributed by atoms with Gasteiger partial charge in [-0.2, -0.15) is 0 Å². The minimum atomic E-state index is -0.129. The third-order valence-electron chi connectivity index (χ3n) is 4.04. The molecule has 1 unspecified atom stereocenters. The van der Waals surface area contributed by atoms with Crippen molar-refractivity contribution in [3.05, 3.63) is 11.8 Å². The summed E-state index contributed by atoms with van der Waals surface area (Å²) in [6, 6.07) is 0.252. The van der Waals surface area contributed by atoms with Crippen LogP contribution in [0.25, 0.3) is 0 Å². The number of nitrogens with one attached hydrogen (secondary N) is 1. The SMILES string of the molecule is CCNC(C1=COCCC1)C1(OCC)CCOCC1. The molecule has 0 aromatic carbocycles. The van der Waals surface area contributed by atoms with E-state index in [4.69, 9.17) is 14.2 Å². The summed E-state index contributed by atoms with van der Waals surface area (Å²) in [6.45, 7) is 8.33. The van der Waals surface area contributed by atoms with E-state index in [1.54, 1.807) is 0 Å². The molecule has 1 atom stereocenters. The highest BCUT2D eigenvalue weighted by Gasteiger charge is 2.42. The maximum Gasteiger partial charge on any atom is 0.0917 e. The maximum atomic E-state index is 6.20. The van der Waals surface area contributed by atoms with Crippen molar-refractivity contribution in [2.24, 2.45) is 0 Å². The Morgan fingerprint density at radius 2 is 2.11 bits per heavy atom. The third kappa shape index (κ3) is 3.50. The van der Waals surface area contributed by atoms with Gasteiger partial charge in [-0.3, -0.25) is 0 Å². The van der Waals surface area contributed by atoms with E-state index in [-0.39, 0.29) is 11.6 Å². The molecule has 1 N–H and O–H groups in total. The van der Waals surface area contributed by atoms with Crippen LogP contribution in [0.2, 0.25) is 0 Å². The number of hydrogen-bond acceptors (Lipinski definition) is 4. The van der Waals surface area contributed by atoms with Gasteiger partial charge in [0.2, 0.25) is 0 Å². The molecule has 0 aromatic heterocycles. The molecule has 1 saturated heterocycles. The molecule has 19 heavy (non-hydrogen) atoms. The van der Waals surface area contributed by atoms with Crippen LogP contribution in [0.3, 0.4) is 0 Å². The second kappa shape index (κ2) is 7.27. The molecule has 1 fully saturated rings. The number of rotatable bonds is 6. The lowest BCUT2D eigenvalue weighted by atomic mass is 9.80. The van der Waals surface area contributed by atoms with Gasteiger partial charge in [0.15, 0.2) is 0 Å². The molecule has 2 heterocycles. The lowest BCUT2D eigenvalue weighted by Gasteiger charge is -2.44. The molecular formula is C15H27NO3. The maximum absolute atomic E-state index is 6.20. The van der Waals surface area contributed by atoms with Gasteiger partial charge < -0.3 is 19.5 Å². The van der Waals surface area contributed by atoms with Gasteiger partial charge in [0.25, 0.3) is 0 Å². The van der Waals surface area contributed by atoms with E-state index in [2.05, 4.69) is 19.2 Å². The molecule has 0 spiro atoms. The molecule has 0 radical (unpaired) electrons. The monoisotopic (exact) mass is 269 g/mol. The molecule has 0 amide bonds. The zero-order valence-electron chi connectivity index (χ0n) is 12.2. The summed E-state index contributed by atoms with van der Waals surface area (Å²) in [5, 5.41) is 3.62. The fourth-order valence-electron chi connectivity index (χ4n) is 3.18. The first-order chi connectivity index (χ1) is 9.32. The molecular weight excluding hydrogens is 242 g/mol. The van der Waals surface area contributed by atoms with Crippen LogP contribution >= 0.6 is 0 Å². The minimum absolute atomic E-state index is 0.129. The van der Waals surface area contributed by atoms with E-state index in [0.717, 1.165) is 58.7 Å². The van der Waals surface area contributed by atoms with Gasteiger partial charge in [-0.25, -0.2) is 0 Å². The second-order valence-electron chi connectivity index (χ2n) is 5.27. The Kier molecular flexibility index (Phi) is 5.67. The van der Waals surface area contributed by atoms with Crippen molar-refractivity contribution in [3.63, 3.8) is 0 Å². The van der Waals surface area contributed by atoms with E-state index in [0.29, 0.717) is 0 Å². The molecule has 0 saturated carbocycles. The summed E-state index contributed by atoms with van der Waals surface area (Å²) in [7, 11) is 0. The molecule has 0 aliphatic carbocycles. The first kappa shape index (κ1) is 14.8. The summed E-state index contributed by atoms with van der Waals surface area (Å²) in [4.78, 5) is 0. The van der Waals surface area contributed by atoms with Gasteiger partial charge in [0.1, 0.15) is 0 Å². The van der Waals surface area contributed by atoms with Crippen LogP contribution < -0.4 is 5.32 Å². The van der Waals surface area contributed by atoms with Gasteiger partial charge in [-0.05, 0) is 31.9 Å². The smallest absolute Gasteiger partial charge is 0.0917 e. The van der Waals surface area contributed by atoms with Crippen LogP contribution in [-0.4, -0.2) is 44.6 Å². The highest BCUT2D eigenvalue weighted by Crippen LogP contribution is 2.34. The summed E-state index contributed by atoms with van der Waals surface area (Å²) in [6.07, 6.45) is 6.07. The predicted octanol–water partition coefficient (Wildman–Crippen LogP) is 2.24. The average Bonchev–Trinajstić information content (AvgIpc) is 2.47. The Bertz CT molecular complexity index is 292. The predicted molar refractivity (Wildman–Crippen MR) is 75.1 cm³/mol. The molecule has 4 nitrogen and oxygen atoms in total. The van der Waals surface area contributed by atoms with Crippen LogP contribution in [0.15, 0.2) is 11.8 Å². The van der Waals surface area contributed by atoms with Crippen LogP contribution in [0, 0.1) is 0 Å². The van der Waals surface area contributed by atoms with E-state index in [9.17, 15) is 0 Å². The van der Waals surface area contributed by atoms with Crippen molar-refractivity contribution in [1.29, 1.82) is 0 Å². The Labute approximate surface area is 116 Å². The summed E-state index contributed by atoms with van der Waals surface area (Å²) in [5.41, 5.74) is 1.22. The molecule has 0 bridgehead atoms. The molecule has 4 heteroatoms. The topological polar surface area (TPSA) is 39.7 Å². The standard InChI is InChI=1S/C15H27NO3/c1-3-16-14(13-6-5-9-18-12-13)15(19-4-2)7-10-17-11-8-15/h12,14,16H,3-11H2,1-2H3. The van der Waals surface area contributed by atoms with E-state index in [1.807, 2.05) is 6.26 Å². The zero-order chi connectivity index (χ0) is 13.6. The molecule has 110 valence electrons. The van der Waals surface area contributed by atoms with Gasteiger partial charge in [0.05, 0.1) is 24.5 Å². The summed E-state index contributed by atoms with van der Waals surface area (Å²) in [5.74, 6) is 0. The minimum Gasteiger partial charge on any atom is -0.501 e. The Morgan fingerprint density at radius 1 is 1.32 bits per heavy atom. The fourth-order valence-corrected chi connectivity index (χ4v) is 3.18. The average molecular weight is 269 g/mol. The van der Waals surface area contributed by atoms with Crippen LogP contribution in [0.5, 0.6) is 0 Å². The van der Waals surface area contributed by atoms with Crippen molar-refractivity contribution >= 4 is 0 Å². The Hall–Kier alpha value is -0.580. The first-order valence-corrected chi connectivity index (χ1v) is 7.58. The summed E-state index contributed by atoms with van der Waals surface area (Å²) >= 11 is 0. The lowest BCUT2D eigenvalue weighted by Crippen LogP contribution is -2.56. The third-order valence-corrected chi connectivity index (χ3v) is 4.04. The highest BCUT2D eigenvalue weighted by atomic mass is 16.5. The molecule has 2 aliphatic rings. The Morgan fingerprint density at radius 3 is 2.68 bits per heavy atom. The van der Waals surface area contributed by atoms with Crippen molar-refractivity contribution < 1.29 is 14.2 Å². The van der Waals surface area contributed by atoms with Crippen LogP contribution in [0.4, 0.5) is 0 Å². The lowest BCUT2D eigenvalue weighted by molar-refractivity contribution is -0.121. The quantitative estimate of drug-likeness (QED) is 0.803. The van der Waals surface area contributed by atoms with Crippen LogP contribution in [-0.2, 0) is 14.2 Å². The number of hydrogen-bond donors (Lipinski definition) is 1. The van der Waals surface area contributed by atoms with Gasteiger partial charge in [-0.1, -0.05) is 6.92 Å². The normalized spacial score (nSPS) is 24.4. The fraction of sp³-hybridized carbons (Fsp3) is 0.867. The first-order valence-electron chi connectivity index (χ1n) is 7.58. The van der Waals surface area contributed by atoms with Crippen LogP contribution in [0.1, 0.15) is 39.5 Å². The molecule has 2 rings (SSSR count). The van der Waals surface area contributed by atoms with E-state index < -0.39 is 0 Å². The number of ether oxygens (including phenoxy) is 3. The second-order valence-corrected chi connectivity index (χ2v) is 5.27. The van der Waals surface area contributed by atoms with Crippen molar-refractivity contribution in [3.8, 4) is 0 Å². The number of likely N-dealkylation sites (N-methyl/N-ethyl adjacent to an activating group) is 1. The van der Waals surface area contributed by atoms with Gasteiger partial charge in [-0.15, -0.1) is 0 Å². The molecule has 0 aromatic rings. The van der Waals surface area contributed by atoms with E-state index in [1.165, 1.54) is 5.57 Å². The highest BCUT2D eigenvalue weighted by molar-refractivity contribution is 5.18. The van der Waals surface area contributed by atoms with Crippen molar-refractivity contribution in [2.75, 3.05) is 33.0 Å². The van der Waals surface area contributed by atoms with Crippen molar-refractivity contribution in [2.45, 2.75) is 51.2 Å². The Balaban J connectivity index is 2.19. The summed E-state index contributed by atoms with van der Waals surface area (Å²) < 4.78 is 17.3. The van der Waals surface area contributed by atoms with Crippen molar-refractivity contribution in [1.82, 2.24) is 5.32 Å². The van der Waals surface area contributed by atoms with Gasteiger partial charge in [0, 0.05) is 32.7 Å². The zero-order valence-corrected chi connectivity index (χ0v) is 12.2. The van der Waals surface area contributed by atoms with Gasteiger partial charge >= 0.3 is 0 Å². The largest absolute Gasteiger partial charge is 0.501 e.